The largest absolute Gasteiger partial charge is 0.378 e. The Balaban J connectivity index is 1.85. The molecular weight excluding hydrogens is 356 g/mol. The van der Waals surface area contributed by atoms with E-state index in [0.29, 0.717) is 37.5 Å². The third kappa shape index (κ3) is 3.14. The lowest BCUT2D eigenvalue weighted by atomic mass is 10.0. The minimum absolute atomic E-state index is 0.0596. The molecule has 1 unspecified atom stereocenters. The van der Waals surface area contributed by atoms with Crippen LogP contribution in [0.1, 0.15) is 23.7 Å². The number of carbonyl (C=O) groups excluding carboxylic acids is 1. The van der Waals surface area contributed by atoms with Crippen molar-refractivity contribution in [1.29, 1.82) is 0 Å². The molecule has 1 saturated heterocycles. The molecule has 0 radical (unpaired) electrons. The lowest BCUT2D eigenvalue weighted by Crippen LogP contribution is -2.25. The van der Waals surface area contributed by atoms with E-state index in [1.807, 2.05) is 30.3 Å². The van der Waals surface area contributed by atoms with Gasteiger partial charge < -0.3 is 9.64 Å². The maximum atomic E-state index is 12.8. The first-order valence-corrected chi connectivity index (χ1v) is 9.20. The zero-order chi connectivity index (χ0) is 19.7. The summed E-state index contributed by atoms with van der Waals surface area (Å²) in [5.41, 5.74) is 3.57. The average molecular weight is 378 g/mol. The number of aromatic nitrogens is 3. The van der Waals surface area contributed by atoms with Gasteiger partial charge in [-0.25, -0.2) is 9.50 Å². The number of carbonyl (C=O) groups is 1. The summed E-state index contributed by atoms with van der Waals surface area (Å²) in [6.45, 7) is 5.08. The van der Waals surface area contributed by atoms with Gasteiger partial charge in [0.2, 0.25) is 5.91 Å². The third-order valence-corrected chi connectivity index (χ3v) is 5.04. The Hall–Kier alpha value is -3.19. The third-order valence-electron chi connectivity index (χ3n) is 5.04. The van der Waals surface area contributed by atoms with Crippen LogP contribution in [0.4, 0.5) is 0 Å². The number of nitrogens with one attached hydrogen (secondary N) is 1. The topological polar surface area (TPSA) is 79.7 Å². The van der Waals surface area contributed by atoms with Crippen LogP contribution in [0.5, 0.6) is 0 Å². The van der Waals surface area contributed by atoms with Gasteiger partial charge in [-0.1, -0.05) is 36.4 Å². The van der Waals surface area contributed by atoms with Crippen molar-refractivity contribution >= 4 is 11.6 Å². The molecule has 4 rings (SSSR count). The molecular formula is C21H22N4O3. The van der Waals surface area contributed by atoms with Crippen molar-refractivity contribution in [1.82, 2.24) is 19.5 Å². The lowest BCUT2D eigenvalue weighted by molar-refractivity contribution is -0.127. The Labute approximate surface area is 162 Å². The molecule has 0 aliphatic carbocycles. The highest BCUT2D eigenvalue weighted by Gasteiger charge is 2.31. The molecule has 7 heteroatoms. The highest BCUT2D eigenvalue weighted by Crippen LogP contribution is 2.30. The number of rotatable bonds is 6. The molecule has 3 heterocycles. The maximum absolute atomic E-state index is 12.8. The normalized spacial score (nSPS) is 16.8. The second-order valence-corrected chi connectivity index (χ2v) is 6.93. The summed E-state index contributed by atoms with van der Waals surface area (Å²) < 4.78 is 6.75. The quantitative estimate of drug-likeness (QED) is 0.668. The molecule has 0 bridgehead atoms. The van der Waals surface area contributed by atoms with E-state index in [9.17, 15) is 9.59 Å². The molecule has 1 fully saturated rings. The van der Waals surface area contributed by atoms with E-state index in [1.165, 1.54) is 10.6 Å². The number of hydrogen-bond donors (Lipinski definition) is 1. The molecule has 2 aromatic heterocycles. The van der Waals surface area contributed by atoms with Crippen LogP contribution in [0.2, 0.25) is 0 Å². The minimum Gasteiger partial charge on any atom is -0.378 e. The van der Waals surface area contributed by atoms with E-state index in [0.717, 1.165) is 16.8 Å². The van der Waals surface area contributed by atoms with Crippen LogP contribution in [0.15, 0.2) is 53.8 Å². The van der Waals surface area contributed by atoms with Crippen LogP contribution in [-0.4, -0.2) is 45.6 Å². The fourth-order valence-electron chi connectivity index (χ4n) is 3.77. The van der Waals surface area contributed by atoms with Crippen molar-refractivity contribution in [2.24, 2.45) is 0 Å². The Kier molecular flexibility index (Phi) is 4.83. The molecule has 144 valence electrons. The first-order valence-electron chi connectivity index (χ1n) is 9.20. The van der Waals surface area contributed by atoms with Crippen molar-refractivity contribution in [2.75, 3.05) is 20.2 Å². The molecule has 1 aliphatic rings. The van der Waals surface area contributed by atoms with Gasteiger partial charge in [0.25, 0.3) is 5.56 Å². The van der Waals surface area contributed by atoms with Gasteiger partial charge in [-0.15, -0.1) is 6.58 Å². The summed E-state index contributed by atoms with van der Waals surface area (Å²) in [7, 11) is 1.61. The second kappa shape index (κ2) is 7.44. The molecule has 1 aliphatic heterocycles. The Morgan fingerprint density at radius 1 is 1.32 bits per heavy atom. The fraction of sp³-hybridized carbons (Fsp3) is 0.286. The number of nitrogens with zero attached hydrogens (tertiary/aromatic N) is 3. The zero-order valence-electron chi connectivity index (χ0n) is 15.7. The summed E-state index contributed by atoms with van der Waals surface area (Å²) in [5, 5.41) is 3.11. The van der Waals surface area contributed by atoms with Crippen molar-refractivity contribution in [2.45, 2.75) is 18.9 Å². The van der Waals surface area contributed by atoms with Crippen LogP contribution in [0, 0.1) is 0 Å². The Morgan fingerprint density at radius 2 is 2.11 bits per heavy atom. The van der Waals surface area contributed by atoms with Crippen molar-refractivity contribution in [3.05, 3.63) is 70.8 Å². The number of likely N-dealkylation sites (tertiary alicyclic amines) is 1. The SMILES string of the molecule is C=CCN1CC(c2cc(=O)n3[nH]c(COC)c(-c4ccccc4)c3n2)CC1=O. The molecule has 0 saturated carbocycles. The molecule has 7 nitrogen and oxygen atoms in total. The minimum atomic E-state index is -0.200. The maximum Gasteiger partial charge on any atom is 0.272 e. The number of aromatic amines is 1. The van der Waals surface area contributed by atoms with E-state index in [1.54, 1.807) is 18.1 Å². The summed E-state index contributed by atoms with van der Waals surface area (Å²) in [6.07, 6.45) is 2.06. The number of ether oxygens (including phenoxy) is 1. The van der Waals surface area contributed by atoms with Crippen LogP contribution in [0.25, 0.3) is 16.8 Å². The molecule has 3 aromatic rings. The van der Waals surface area contributed by atoms with E-state index in [2.05, 4.69) is 11.7 Å². The van der Waals surface area contributed by atoms with E-state index < -0.39 is 0 Å². The first-order chi connectivity index (χ1) is 13.6. The molecule has 1 N–H and O–H groups in total. The van der Waals surface area contributed by atoms with Crippen LogP contribution >= 0.6 is 0 Å². The van der Waals surface area contributed by atoms with Gasteiger partial charge >= 0.3 is 0 Å². The number of fused-ring (bicyclic) bond motifs is 1. The van der Waals surface area contributed by atoms with E-state index >= 15 is 0 Å². The summed E-state index contributed by atoms with van der Waals surface area (Å²) >= 11 is 0. The standard InChI is InChI=1S/C21H22N4O3/c1-3-9-24-12-15(10-18(24)26)16-11-19(27)25-21(22-16)20(17(23-25)13-28-2)14-7-5-4-6-8-14/h3-8,11,15,23H,1,9-10,12-13H2,2H3. The van der Waals surface area contributed by atoms with E-state index in [-0.39, 0.29) is 17.4 Å². The number of methoxy groups -OCH3 is 1. The van der Waals surface area contributed by atoms with Crippen molar-refractivity contribution in [3.8, 4) is 11.1 Å². The average Bonchev–Trinajstić information content (AvgIpc) is 3.24. The molecule has 0 spiro atoms. The summed E-state index contributed by atoms with van der Waals surface area (Å²) in [6, 6.07) is 11.3. The molecule has 1 aromatic carbocycles. The van der Waals surface area contributed by atoms with Crippen LogP contribution in [0.3, 0.4) is 0 Å². The van der Waals surface area contributed by atoms with Gasteiger partial charge in [-0.2, -0.15) is 0 Å². The lowest BCUT2D eigenvalue weighted by Gasteiger charge is -2.13. The number of H-pyrrole nitrogens is 1. The molecule has 1 atom stereocenters. The molecule has 28 heavy (non-hydrogen) atoms. The zero-order valence-corrected chi connectivity index (χ0v) is 15.7. The number of hydrogen-bond acceptors (Lipinski definition) is 4. The van der Waals surface area contributed by atoms with Crippen LogP contribution < -0.4 is 5.56 Å². The monoisotopic (exact) mass is 378 g/mol. The fourth-order valence-corrected chi connectivity index (χ4v) is 3.77. The predicted molar refractivity (Wildman–Crippen MR) is 106 cm³/mol. The smallest absolute Gasteiger partial charge is 0.272 e. The van der Waals surface area contributed by atoms with Gasteiger partial charge in [0.15, 0.2) is 5.65 Å². The first kappa shape index (κ1) is 18.2. The van der Waals surface area contributed by atoms with Crippen molar-refractivity contribution in [3.63, 3.8) is 0 Å². The van der Waals surface area contributed by atoms with Gasteiger partial charge in [-0.05, 0) is 5.56 Å². The second-order valence-electron chi connectivity index (χ2n) is 6.93. The van der Waals surface area contributed by atoms with Gasteiger partial charge in [0, 0.05) is 44.2 Å². The van der Waals surface area contributed by atoms with Gasteiger partial charge in [0.05, 0.1) is 18.0 Å². The number of amides is 1. The Bertz CT molecular complexity index is 1080. The highest BCUT2D eigenvalue weighted by molar-refractivity contribution is 5.81. The Morgan fingerprint density at radius 3 is 2.82 bits per heavy atom. The summed E-state index contributed by atoms with van der Waals surface area (Å²) in [5.74, 6) is -0.0427. The highest BCUT2D eigenvalue weighted by atomic mass is 16.5. The summed E-state index contributed by atoms with van der Waals surface area (Å²) in [4.78, 5) is 31.5. The van der Waals surface area contributed by atoms with E-state index in [4.69, 9.17) is 9.72 Å². The van der Waals surface area contributed by atoms with Crippen molar-refractivity contribution < 1.29 is 9.53 Å². The van der Waals surface area contributed by atoms with Gasteiger partial charge in [0.1, 0.15) is 0 Å². The van der Waals surface area contributed by atoms with Gasteiger partial charge in [-0.3, -0.25) is 14.7 Å². The molecule has 1 amide bonds. The number of benzene rings is 1. The predicted octanol–water partition coefficient (Wildman–Crippen LogP) is 2.34. The van der Waals surface area contributed by atoms with Crippen LogP contribution in [-0.2, 0) is 16.1 Å².